The maximum Gasteiger partial charge on any atom is 0.416 e. The number of carboxylic acid groups (broad SMARTS) is 1. The Morgan fingerprint density at radius 2 is 1.79 bits per heavy atom. The average molecular weight is 473 g/mol. The maximum atomic E-state index is 13.1. The number of benzene rings is 3. The second-order valence-corrected chi connectivity index (χ2v) is 7.12. The molecule has 3 rings (SSSR count). The number of carbonyl (C=O) groups is 1. The van der Waals surface area contributed by atoms with Crippen LogP contribution >= 0.6 is 12.2 Å². The van der Waals surface area contributed by atoms with Gasteiger partial charge in [-0.25, -0.2) is 4.79 Å². The van der Waals surface area contributed by atoms with Crippen molar-refractivity contribution in [3.05, 3.63) is 83.4 Å². The second-order valence-electron chi connectivity index (χ2n) is 6.71. The first kappa shape index (κ1) is 23.7. The van der Waals surface area contributed by atoms with Crippen molar-refractivity contribution in [2.45, 2.75) is 6.18 Å². The standard InChI is InChI=1S/C23H18F3N3O3S/c1-32-20-16(5-3-7-19(20)15-4-2-6-17(12-15)23(24,25)26)13-27-29-22(33)28-18-10-8-14(9-11-18)21(30)31/h2-13H,1H3,(H,30,31)(H2,28,29,33)/b27-13+. The molecule has 33 heavy (non-hydrogen) atoms. The van der Waals surface area contributed by atoms with E-state index in [1.54, 1.807) is 36.4 Å². The first-order valence-electron chi connectivity index (χ1n) is 9.47. The van der Waals surface area contributed by atoms with E-state index >= 15 is 0 Å². The van der Waals surface area contributed by atoms with Gasteiger partial charge in [-0.1, -0.05) is 24.3 Å². The number of rotatable bonds is 6. The summed E-state index contributed by atoms with van der Waals surface area (Å²) in [5.74, 6) is -0.682. The van der Waals surface area contributed by atoms with Gasteiger partial charge in [0.2, 0.25) is 0 Å². The van der Waals surface area contributed by atoms with Crippen LogP contribution in [0.2, 0.25) is 0 Å². The van der Waals surface area contributed by atoms with Crippen LogP contribution in [0.3, 0.4) is 0 Å². The van der Waals surface area contributed by atoms with Crippen LogP contribution in [0, 0.1) is 0 Å². The molecule has 6 nitrogen and oxygen atoms in total. The molecule has 0 fully saturated rings. The van der Waals surface area contributed by atoms with Gasteiger partial charge in [0, 0.05) is 16.8 Å². The van der Waals surface area contributed by atoms with Crippen LogP contribution in [0.1, 0.15) is 21.5 Å². The Morgan fingerprint density at radius 3 is 2.42 bits per heavy atom. The molecule has 0 atom stereocenters. The highest BCUT2D eigenvalue weighted by Gasteiger charge is 2.30. The van der Waals surface area contributed by atoms with E-state index in [0.29, 0.717) is 28.1 Å². The lowest BCUT2D eigenvalue weighted by molar-refractivity contribution is -0.137. The number of alkyl halides is 3. The summed E-state index contributed by atoms with van der Waals surface area (Å²) in [5, 5.41) is 16.0. The average Bonchev–Trinajstić information content (AvgIpc) is 2.78. The molecule has 0 amide bonds. The molecule has 0 heterocycles. The molecular weight excluding hydrogens is 455 g/mol. The third-order valence-electron chi connectivity index (χ3n) is 4.51. The van der Waals surface area contributed by atoms with Gasteiger partial charge < -0.3 is 15.2 Å². The Bertz CT molecular complexity index is 1200. The monoisotopic (exact) mass is 473 g/mol. The number of aromatic carboxylic acids is 1. The third kappa shape index (κ3) is 6.07. The molecule has 3 N–H and O–H groups in total. The Kier molecular flexibility index (Phi) is 7.29. The van der Waals surface area contributed by atoms with Crippen molar-refractivity contribution < 1.29 is 27.8 Å². The van der Waals surface area contributed by atoms with Crippen LogP contribution in [0.5, 0.6) is 5.75 Å². The fourth-order valence-electron chi connectivity index (χ4n) is 2.99. The number of halogens is 3. The predicted octanol–water partition coefficient (Wildman–Crippen LogP) is 5.40. The Balaban J connectivity index is 1.75. The molecule has 10 heteroatoms. The molecule has 3 aromatic rings. The molecule has 0 radical (unpaired) electrons. The number of nitrogens with one attached hydrogen (secondary N) is 2. The van der Waals surface area contributed by atoms with E-state index in [1.165, 1.54) is 31.5 Å². The molecule has 0 unspecified atom stereocenters. The zero-order valence-electron chi connectivity index (χ0n) is 17.2. The molecule has 0 aliphatic heterocycles. The number of methoxy groups -OCH3 is 1. The summed E-state index contributed by atoms with van der Waals surface area (Å²) in [6.45, 7) is 0. The number of thiocarbonyl (C=S) groups is 1. The molecular formula is C23H18F3N3O3S. The van der Waals surface area contributed by atoms with Gasteiger partial charge in [-0.2, -0.15) is 18.3 Å². The SMILES string of the molecule is COc1c(/C=N/NC(=S)Nc2ccc(C(=O)O)cc2)cccc1-c1cccc(C(F)(F)F)c1. The van der Waals surface area contributed by atoms with Gasteiger partial charge >= 0.3 is 12.1 Å². The van der Waals surface area contributed by atoms with Crippen molar-refractivity contribution in [3.8, 4) is 16.9 Å². The number of hydrogen-bond donors (Lipinski definition) is 3. The van der Waals surface area contributed by atoms with Crippen LogP contribution in [0.25, 0.3) is 11.1 Å². The van der Waals surface area contributed by atoms with Gasteiger partial charge in [0.25, 0.3) is 0 Å². The molecule has 0 aliphatic rings. The summed E-state index contributed by atoms with van der Waals surface area (Å²) in [5.41, 5.74) is 3.94. The first-order valence-corrected chi connectivity index (χ1v) is 9.88. The highest BCUT2D eigenvalue weighted by atomic mass is 32.1. The molecule has 0 bridgehead atoms. The van der Waals surface area contributed by atoms with E-state index in [-0.39, 0.29) is 10.7 Å². The van der Waals surface area contributed by atoms with Crippen LogP contribution in [-0.2, 0) is 6.18 Å². The number of ether oxygens (including phenoxy) is 1. The zero-order chi connectivity index (χ0) is 24.0. The van der Waals surface area contributed by atoms with Gasteiger partial charge in [-0.05, 0) is 60.2 Å². The maximum absolute atomic E-state index is 13.1. The minimum Gasteiger partial charge on any atom is -0.495 e. The van der Waals surface area contributed by atoms with Gasteiger partial charge in [-0.3, -0.25) is 5.43 Å². The van der Waals surface area contributed by atoms with E-state index in [0.717, 1.165) is 12.1 Å². The van der Waals surface area contributed by atoms with Crippen LogP contribution in [0.4, 0.5) is 18.9 Å². The molecule has 0 saturated carbocycles. The van der Waals surface area contributed by atoms with Gasteiger partial charge in [0.15, 0.2) is 5.11 Å². The van der Waals surface area contributed by atoms with Gasteiger partial charge in [0.05, 0.1) is 24.5 Å². The topological polar surface area (TPSA) is 83.0 Å². The smallest absolute Gasteiger partial charge is 0.416 e. The highest BCUT2D eigenvalue weighted by Crippen LogP contribution is 2.36. The largest absolute Gasteiger partial charge is 0.495 e. The van der Waals surface area contributed by atoms with E-state index in [1.807, 2.05) is 0 Å². The normalized spacial score (nSPS) is 11.3. The minimum atomic E-state index is -4.46. The second kappa shape index (κ2) is 10.1. The lowest BCUT2D eigenvalue weighted by Gasteiger charge is -2.13. The summed E-state index contributed by atoms with van der Waals surface area (Å²) in [4.78, 5) is 10.9. The summed E-state index contributed by atoms with van der Waals surface area (Å²) >= 11 is 5.16. The Morgan fingerprint density at radius 1 is 1.09 bits per heavy atom. The Hall–Kier alpha value is -3.92. The van der Waals surface area contributed by atoms with Gasteiger partial charge in [0.1, 0.15) is 5.75 Å². The summed E-state index contributed by atoms with van der Waals surface area (Å²) in [6, 6.07) is 16.0. The molecule has 0 aromatic heterocycles. The van der Waals surface area contributed by atoms with Crippen LogP contribution in [0.15, 0.2) is 71.8 Å². The predicted molar refractivity (Wildman–Crippen MR) is 124 cm³/mol. The molecule has 170 valence electrons. The fourth-order valence-corrected chi connectivity index (χ4v) is 3.16. The number of nitrogens with zero attached hydrogens (tertiary/aromatic N) is 1. The molecule has 0 saturated heterocycles. The molecule has 0 spiro atoms. The number of anilines is 1. The van der Waals surface area contributed by atoms with Crippen molar-refractivity contribution in [2.75, 3.05) is 12.4 Å². The van der Waals surface area contributed by atoms with E-state index in [9.17, 15) is 18.0 Å². The summed E-state index contributed by atoms with van der Waals surface area (Å²) < 4.78 is 44.7. The van der Waals surface area contributed by atoms with E-state index in [4.69, 9.17) is 22.1 Å². The lowest BCUT2D eigenvalue weighted by Crippen LogP contribution is -2.23. The number of carboxylic acids is 1. The van der Waals surface area contributed by atoms with E-state index in [2.05, 4.69) is 15.8 Å². The lowest BCUT2D eigenvalue weighted by atomic mass is 9.99. The molecule has 3 aromatic carbocycles. The van der Waals surface area contributed by atoms with Crippen molar-refractivity contribution in [2.24, 2.45) is 5.10 Å². The van der Waals surface area contributed by atoms with Crippen molar-refractivity contribution in [3.63, 3.8) is 0 Å². The van der Waals surface area contributed by atoms with Crippen LogP contribution in [-0.4, -0.2) is 29.5 Å². The fraction of sp³-hybridized carbons (Fsp3) is 0.0870. The van der Waals surface area contributed by atoms with Crippen molar-refractivity contribution in [1.29, 1.82) is 0 Å². The number of hydrazone groups is 1. The number of para-hydroxylation sites is 1. The van der Waals surface area contributed by atoms with Gasteiger partial charge in [-0.15, -0.1) is 0 Å². The van der Waals surface area contributed by atoms with E-state index < -0.39 is 17.7 Å². The summed E-state index contributed by atoms with van der Waals surface area (Å²) in [7, 11) is 1.42. The zero-order valence-corrected chi connectivity index (χ0v) is 18.0. The number of hydrogen-bond acceptors (Lipinski definition) is 4. The van der Waals surface area contributed by atoms with Crippen molar-refractivity contribution >= 4 is 35.2 Å². The van der Waals surface area contributed by atoms with Crippen LogP contribution < -0.4 is 15.5 Å². The van der Waals surface area contributed by atoms with Crippen molar-refractivity contribution in [1.82, 2.24) is 5.43 Å². The Labute approximate surface area is 192 Å². The highest BCUT2D eigenvalue weighted by molar-refractivity contribution is 7.80. The third-order valence-corrected chi connectivity index (χ3v) is 4.70. The summed E-state index contributed by atoms with van der Waals surface area (Å²) in [6.07, 6.45) is -3.03. The first-order chi connectivity index (χ1) is 15.7. The minimum absolute atomic E-state index is 0.144. The quantitative estimate of drug-likeness (QED) is 0.253. The molecule has 0 aliphatic carbocycles.